The number of nitrogens with zero attached hydrogens (tertiary/aromatic N) is 1. The number of benzene rings is 1. The lowest BCUT2D eigenvalue weighted by molar-refractivity contribution is 0.856. The highest BCUT2D eigenvalue weighted by Gasteiger charge is 2.13. The van der Waals surface area contributed by atoms with Crippen LogP contribution in [0.3, 0.4) is 0 Å². The van der Waals surface area contributed by atoms with Crippen molar-refractivity contribution in [1.82, 2.24) is 4.98 Å². The van der Waals surface area contributed by atoms with Crippen molar-refractivity contribution in [2.75, 3.05) is 5.32 Å². The van der Waals surface area contributed by atoms with Gasteiger partial charge in [-0.1, -0.05) is 17.7 Å². The molecule has 0 amide bonds. The molecule has 0 aliphatic carbocycles. The SMILES string of the molecule is Cc1cc(C)c(C(C)Nc2ccc(C)nc2C)c(C)c1. The minimum Gasteiger partial charge on any atom is -0.377 e. The fraction of sp³-hybridized carbons (Fsp3) is 0.389. The molecule has 0 aliphatic rings. The highest BCUT2D eigenvalue weighted by molar-refractivity contribution is 5.51. The summed E-state index contributed by atoms with van der Waals surface area (Å²) in [6, 6.07) is 8.95. The minimum atomic E-state index is 0.277. The van der Waals surface area contributed by atoms with E-state index in [2.05, 4.69) is 69.2 Å². The second kappa shape index (κ2) is 5.66. The van der Waals surface area contributed by atoms with E-state index in [1.165, 1.54) is 22.3 Å². The molecule has 2 aromatic rings. The normalized spacial score (nSPS) is 12.3. The first-order valence-corrected chi connectivity index (χ1v) is 7.17. The summed E-state index contributed by atoms with van der Waals surface area (Å²) in [5, 5.41) is 3.59. The standard InChI is InChI=1S/C18H24N2/c1-11-9-12(2)18(13(3)10-11)16(6)20-17-8-7-14(4)19-15(17)5/h7-10,16,20H,1-6H3. The third-order valence-corrected chi connectivity index (χ3v) is 3.77. The van der Waals surface area contributed by atoms with E-state index < -0.39 is 0 Å². The summed E-state index contributed by atoms with van der Waals surface area (Å²) in [6.07, 6.45) is 0. The molecule has 0 spiro atoms. The molecule has 1 atom stereocenters. The van der Waals surface area contributed by atoms with E-state index in [9.17, 15) is 0 Å². The zero-order valence-corrected chi connectivity index (χ0v) is 13.3. The van der Waals surface area contributed by atoms with Crippen LogP contribution in [-0.4, -0.2) is 4.98 Å². The van der Waals surface area contributed by atoms with Crippen molar-refractivity contribution >= 4 is 5.69 Å². The van der Waals surface area contributed by atoms with Crippen LogP contribution in [0.15, 0.2) is 24.3 Å². The molecule has 106 valence electrons. The number of nitrogens with one attached hydrogen (secondary N) is 1. The fourth-order valence-corrected chi connectivity index (χ4v) is 3.02. The Morgan fingerprint density at radius 2 is 1.55 bits per heavy atom. The van der Waals surface area contributed by atoms with Crippen LogP contribution in [0.5, 0.6) is 0 Å². The maximum absolute atomic E-state index is 4.52. The van der Waals surface area contributed by atoms with Gasteiger partial charge in [0.05, 0.1) is 11.4 Å². The van der Waals surface area contributed by atoms with Gasteiger partial charge in [-0.15, -0.1) is 0 Å². The second-order valence-electron chi connectivity index (χ2n) is 5.76. The van der Waals surface area contributed by atoms with Crippen molar-refractivity contribution < 1.29 is 0 Å². The molecular formula is C18H24N2. The van der Waals surface area contributed by atoms with Crippen LogP contribution in [0, 0.1) is 34.6 Å². The van der Waals surface area contributed by atoms with Crippen molar-refractivity contribution in [2.24, 2.45) is 0 Å². The second-order valence-corrected chi connectivity index (χ2v) is 5.76. The van der Waals surface area contributed by atoms with Gasteiger partial charge in [0.15, 0.2) is 0 Å². The molecule has 1 aromatic heterocycles. The Bertz CT molecular complexity index is 606. The minimum absolute atomic E-state index is 0.277. The van der Waals surface area contributed by atoms with Gasteiger partial charge in [0.25, 0.3) is 0 Å². The number of aromatic nitrogens is 1. The quantitative estimate of drug-likeness (QED) is 0.865. The maximum atomic E-state index is 4.52. The first-order chi connectivity index (χ1) is 9.38. The molecule has 0 saturated heterocycles. The molecular weight excluding hydrogens is 244 g/mol. The predicted molar refractivity (Wildman–Crippen MR) is 86.4 cm³/mol. The Morgan fingerprint density at radius 3 is 2.10 bits per heavy atom. The molecule has 0 radical (unpaired) electrons. The molecule has 2 heteroatoms. The fourth-order valence-electron chi connectivity index (χ4n) is 3.02. The topological polar surface area (TPSA) is 24.9 Å². The third kappa shape index (κ3) is 3.01. The van der Waals surface area contributed by atoms with Crippen LogP contribution < -0.4 is 5.32 Å². The molecule has 0 fully saturated rings. The molecule has 2 nitrogen and oxygen atoms in total. The Kier molecular flexibility index (Phi) is 4.12. The maximum Gasteiger partial charge on any atom is 0.0607 e. The molecule has 1 unspecified atom stereocenters. The summed E-state index contributed by atoms with van der Waals surface area (Å²) in [6.45, 7) is 12.8. The summed E-state index contributed by atoms with van der Waals surface area (Å²) in [7, 11) is 0. The number of anilines is 1. The van der Waals surface area contributed by atoms with Crippen molar-refractivity contribution in [2.45, 2.75) is 47.6 Å². The van der Waals surface area contributed by atoms with Gasteiger partial charge in [-0.3, -0.25) is 4.98 Å². The van der Waals surface area contributed by atoms with E-state index in [1.54, 1.807) is 0 Å². The molecule has 1 N–H and O–H groups in total. The highest BCUT2D eigenvalue weighted by Crippen LogP contribution is 2.27. The predicted octanol–water partition coefficient (Wildman–Crippen LogP) is 4.80. The summed E-state index contributed by atoms with van der Waals surface area (Å²) in [5.41, 5.74) is 8.63. The molecule has 20 heavy (non-hydrogen) atoms. The van der Waals surface area contributed by atoms with Gasteiger partial charge in [-0.05, 0) is 70.4 Å². The van der Waals surface area contributed by atoms with Gasteiger partial charge in [-0.25, -0.2) is 0 Å². The van der Waals surface area contributed by atoms with E-state index in [0.717, 1.165) is 17.1 Å². The summed E-state index contributed by atoms with van der Waals surface area (Å²) >= 11 is 0. The van der Waals surface area contributed by atoms with Gasteiger partial charge in [-0.2, -0.15) is 0 Å². The lowest BCUT2D eigenvalue weighted by atomic mass is 9.94. The molecule has 0 aliphatic heterocycles. The Morgan fingerprint density at radius 1 is 0.950 bits per heavy atom. The lowest BCUT2D eigenvalue weighted by Crippen LogP contribution is -2.11. The Balaban J connectivity index is 2.31. The zero-order chi connectivity index (χ0) is 14.9. The average molecular weight is 268 g/mol. The Hall–Kier alpha value is -1.83. The summed E-state index contributed by atoms with van der Waals surface area (Å²) in [4.78, 5) is 4.52. The van der Waals surface area contributed by atoms with Crippen LogP contribution in [0.1, 0.15) is 46.6 Å². The van der Waals surface area contributed by atoms with E-state index >= 15 is 0 Å². The molecule has 2 rings (SSSR count). The van der Waals surface area contributed by atoms with Crippen LogP contribution in [0.25, 0.3) is 0 Å². The van der Waals surface area contributed by atoms with Crippen LogP contribution >= 0.6 is 0 Å². The molecule has 1 heterocycles. The van der Waals surface area contributed by atoms with Gasteiger partial charge in [0.2, 0.25) is 0 Å². The number of pyridine rings is 1. The zero-order valence-electron chi connectivity index (χ0n) is 13.3. The first-order valence-electron chi connectivity index (χ1n) is 7.17. The number of aryl methyl sites for hydroxylation is 5. The van der Waals surface area contributed by atoms with Gasteiger partial charge in [0.1, 0.15) is 0 Å². The van der Waals surface area contributed by atoms with Gasteiger partial charge >= 0.3 is 0 Å². The number of rotatable bonds is 3. The van der Waals surface area contributed by atoms with Gasteiger partial charge < -0.3 is 5.32 Å². The van der Waals surface area contributed by atoms with Crippen molar-refractivity contribution in [3.8, 4) is 0 Å². The van der Waals surface area contributed by atoms with Crippen LogP contribution in [0.4, 0.5) is 5.69 Å². The number of hydrogen-bond acceptors (Lipinski definition) is 2. The molecule has 0 saturated carbocycles. The van der Waals surface area contributed by atoms with E-state index in [-0.39, 0.29) is 6.04 Å². The van der Waals surface area contributed by atoms with Crippen molar-refractivity contribution in [1.29, 1.82) is 0 Å². The first kappa shape index (κ1) is 14.6. The summed E-state index contributed by atoms with van der Waals surface area (Å²) in [5.74, 6) is 0. The van der Waals surface area contributed by atoms with Crippen molar-refractivity contribution in [3.05, 3.63) is 57.9 Å². The van der Waals surface area contributed by atoms with Crippen LogP contribution in [-0.2, 0) is 0 Å². The smallest absolute Gasteiger partial charge is 0.0607 e. The van der Waals surface area contributed by atoms with Gasteiger partial charge in [0, 0.05) is 11.7 Å². The van der Waals surface area contributed by atoms with E-state index in [0.29, 0.717) is 0 Å². The third-order valence-electron chi connectivity index (χ3n) is 3.77. The monoisotopic (exact) mass is 268 g/mol. The van der Waals surface area contributed by atoms with E-state index in [4.69, 9.17) is 0 Å². The molecule has 1 aromatic carbocycles. The van der Waals surface area contributed by atoms with Crippen molar-refractivity contribution in [3.63, 3.8) is 0 Å². The van der Waals surface area contributed by atoms with Crippen LogP contribution in [0.2, 0.25) is 0 Å². The largest absolute Gasteiger partial charge is 0.377 e. The Labute approximate surface area is 122 Å². The number of hydrogen-bond donors (Lipinski definition) is 1. The molecule has 0 bridgehead atoms. The average Bonchev–Trinajstić information content (AvgIpc) is 2.31. The lowest BCUT2D eigenvalue weighted by Gasteiger charge is -2.21. The van der Waals surface area contributed by atoms with E-state index in [1.807, 2.05) is 6.92 Å². The summed E-state index contributed by atoms with van der Waals surface area (Å²) < 4.78 is 0. The highest BCUT2D eigenvalue weighted by atomic mass is 14.9.